The zero-order chi connectivity index (χ0) is 15.2. The fraction of sp³-hybridized carbons (Fsp3) is 0.182. The van der Waals surface area contributed by atoms with Crippen LogP contribution in [0.25, 0.3) is 0 Å². The van der Waals surface area contributed by atoms with Crippen LogP contribution < -0.4 is 10.9 Å². The Morgan fingerprint density at radius 2 is 2.10 bits per heavy atom. The minimum atomic E-state index is -0.730. The molecule has 0 fully saturated rings. The topological polar surface area (TPSA) is 102 Å². The molecule has 1 heterocycles. The Labute approximate surface area is 123 Å². The number of aryl methyl sites for hydroxylation is 1. The Bertz CT molecular complexity index is 662. The Morgan fingerprint density at radius 3 is 2.76 bits per heavy atom. The van der Waals surface area contributed by atoms with Crippen LogP contribution in [-0.4, -0.2) is 37.8 Å². The second kappa shape index (κ2) is 6.79. The number of thioether (sulfide) groups is 1. The second-order valence-electron chi connectivity index (χ2n) is 3.86. The smallest absolute Gasteiger partial charge is 0.272 e. The molecule has 21 heavy (non-hydrogen) atoms. The Morgan fingerprint density at radius 1 is 1.33 bits per heavy atom. The third-order valence-corrected chi connectivity index (χ3v) is 3.36. The first-order chi connectivity index (χ1) is 10.1. The van der Waals surface area contributed by atoms with E-state index in [2.05, 4.69) is 26.4 Å². The maximum absolute atomic E-state index is 13.3. The molecule has 0 radical (unpaired) electrons. The van der Waals surface area contributed by atoms with Crippen molar-refractivity contribution in [3.63, 3.8) is 0 Å². The van der Waals surface area contributed by atoms with Gasteiger partial charge in [-0.3, -0.25) is 20.4 Å². The molecule has 1 aromatic heterocycles. The summed E-state index contributed by atoms with van der Waals surface area (Å²) >= 11 is 1.10. The van der Waals surface area contributed by atoms with Crippen LogP contribution >= 0.6 is 11.8 Å². The van der Waals surface area contributed by atoms with E-state index in [4.69, 9.17) is 0 Å². The van der Waals surface area contributed by atoms with Crippen molar-refractivity contribution >= 4 is 23.6 Å². The SMILES string of the molecule is Cn1nnnc1SCC(=O)NNC(=O)c1ccccc1F. The molecular weight excluding hydrogens is 299 g/mol. The Kier molecular flexibility index (Phi) is 4.82. The van der Waals surface area contributed by atoms with E-state index in [1.54, 1.807) is 7.05 Å². The normalized spacial score (nSPS) is 10.2. The highest BCUT2D eigenvalue weighted by Gasteiger charge is 2.12. The van der Waals surface area contributed by atoms with Crippen LogP contribution in [0.5, 0.6) is 0 Å². The van der Waals surface area contributed by atoms with Gasteiger partial charge in [-0.1, -0.05) is 23.9 Å². The quantitative estimate of drug-likeness (QED) is 0.604. The molecule has 0 saturated carbocycles. The number of rotatable bonds is 4. The van der Waals surface area contributed by atoms with Crippen molar-refractivity contribution < 1.29 is 14.0 Å². The summed E-state index contributed by atoms with van der Waals surface area (Å²) in [6, 6.07) is 5.47. The van der Waals surface area contributed by atoms with E-state index in [0.717, 1.165) is 17.8 Å². The fourth-order valence-electron chi connectivity index (χ4n) is 1.35. The molecule has 0 bridgehead atoms. The van der Waals surface area contributed by atoms with E-state index in [0.29, 0.717) is 5.16 Å². The van der Waals surface area contributed by atoms with Crippen LogP contribution in [0.15, 0.2) is 29.4 Å². The van der Waals surface area contributed by atoms with Crippen molar-refractivity contribution in [2.75, 3.05) is 5.75 Å². The van der Waals surface area contributed by atoms with Crippen LogP contribution in [0.3, 0.4) is 0 Å². The van der Waals surface area contributed by atoms with E-state index in [9.17, 15) is 14.0 Å². The summed E-state index contributed by atoms with van der Waals surface area (Å²) in [5.41, 5.74) is 4.17. The zero-order valence-electron chi connectivity index (χ0n) is 10.9. The molecule has 0 saturated heterocycles. The number of carbonyl (C=O) groups excluding carboxylic acids is 2. The lowest BCUT2D eigenvalue weighted by Crippen LogP contribution is -2.42. The Balaban J connectivity index is 1.80. The number of hydrogen-bond acceptors (Lipinski definition) is 6. The van der Waals surface area contributed by atoms with E-state index in [-0.39, 0.29) is 11.3 Å². The largest absolute Gasteiger partial charge is 0.272 e. The van der Waals surface area contributed by atoms with Crippen molar-refractivity contribution in [3.05, 3.63) is 35.6 Å². The summed E-state index contributed by atoms with van der Waals surface area (Å²) in [6.45, 7) is 0. The van der Waals surface area contributed by atoms with Gasteiger partial charge < -0.3 is 0 Å². The van der Waals surface area contributed by atoms with Gasteiger partial charge in [0.1, 0.15) is 5.82 Å². The third-order valence-electron chi connectivity index (χ3n) is 2.35. The molecule has 0 aliphatic rings. The summed E-state index contributed by atoms with van der Waals surface area (Å²) in [7, 11) is 1.64. The summed E-state index contributed by atoms with van der Waals surface area (Å²) < 4.78 is 14.8. The van der Waals surface area contributed by atoms with Crippen molar-refractivity contribution in [2.45, 2.75) is 5.16 Å². The van der Waals surface area contributed by atoms with Gasteiger partial charge in [-0.2, -0.15) is 0 Å². The molecular formula is C11H11FN6O2S. The number of hydrogen-bond donors (Lipinski definition) is 2. The van der Waals surface area contributed by atoms with Gasteiger partial charge in [0.15, 0.2) is 0 Å². The van der Waals surface area contributed by atoms with Crippen molar-refractivity contribution in [3.8, 4) is 0 Å². The van der Waals surface area contributed by atoms with Crippen molar-refractivity contribution in [1.82, 2.24) is 31.1 Å². The average molecular weight is 310 g/mol. The van der Waals surface area contributed by atoms with Gasteiger partial charge in [-0.15, -0.1) is 5.10 Å². The number of carbonyl (C=O) groups is 2. The van der Waals surface area contributed by atoms with Gasteiger partial charge in [-0.25, -0.2) is 9.07 Å². The first kappa shape index (κ1) is 14.9. The van der Waals surface area contributed by atoms with Crippen molar-refractivity contribution in [1.29, 1.82) is 0 Å². The molecule has 2 rings (SSSR count). The van der Waals surface area contributed by atoms with Gasteiger partial charge in [0.2, 0.25) is 11.1 Å². The number of nitrogens with one attached hydrogen (secondary N) is 2. The highest BCUT2D eigenvalue weighted by Crippen LogP contribution is 2.11. The summed E-state index contributed by atoms with van der Waals surface area (Å²) in [6.07, 6.45) is 0. The fourth-order valence-corrected chi connectivity index (χ4v) is 2.00. The summed E-state index contributed by atoms with van der Waals surface area (Å²) in [5, 5.41) is 11.2. The minimum Gasteiger partial charge on any atom is -0.272 e. The lowest BCUT2D eigenvalue weighted by atomic mass is 10.2. The molecule has 2 amide bonds. The number of benzene rings is 1. The lowest BCUT2D eigenvalue weighted by Gasteiger charge is -2.07. The highest BCUT2D eigenvalue weighted by molar-refractivity contribution is 7.99. The van der Waals surface area contributed by atoms with Crippen molar-refractivity contribution in [2.24, 2.45) is 7.05 Å². The van der Waals surface area contributed by atoms with Crippen LogP contribution in [0.1, 0.15) is 10.4 Å². The molecule has 2 N–H and O–H groups in total. The molecule has 0 spiro atoms. The highest BCUT2D eigenvalue weighted by atomic mass is 32.2. The van der Waals surface area contributed by atoms with Gasteiger partial charge >= 0.3 is 0 Å². The maximum Gasteiger partial charge on any atom is 0.272 e. The van der Waals surface area contributed by atoms with E-state index >= 15 is 0 Å². The number of aromatic nitrogens is 4. The van der Waals surface area contributed by atoms with Gasteiger partial charge in [0.05, 0.1) is 11.3 Å². The molecule has 10 heteroatoms. The first-order valence-corrected chi connectivity index (χ1v) is 6.75. The average Bonchev–Trinajstić information content (AvgIpc) is 2.88. The van der Waals surface area contributed by atoms with Gasteiger partial charge in [-0.05, 0) is 22.6 Å². The molecule has 0 aliphatic heterocycles. The molecule has 2 aromatic rings. The maximum atomic E-state index is 13.3. The molecule has 0 unspecified atom stereocenters. The summed E-state index contributed by atoms with van der Waals surface area (Å²) in [5.74, 6) is -1.85. The van der Waals surface area contributed by atoms with Crippen LogP contribution in [-0.2, 0) is 11.8 Å². The van der Waals surface area contributed by atoms with Gasteiger partial charge in [0.25, 0.3) is 5.91 Å². The molecule has 0 aliphatic carbocycles. The lowest BCUT2D eigenvalue weighted by molar-refractivity contribution is -0.119. The molecule has 110 valence electrons. The molecule has 8 nitrogen and oxygen atoms in total. The molecule has 0 atom stereocenters. The van der Waals surface area contributed by atoms with Crippen LogP contribution in [0, 0.1) is 5.82 Å². The Hall–Kier alpha value is -2.49. The first-order valence-electron chi connectivity index (χ1n) is 5.77. The van der Waals surface area contributed by atoms with E-state index in [1.165, 1.54) is 22.9 Å². The predicted molar refractivity (Wildman–Crippen MR) is 71.5 cm³/mol. The van der Waals surface area contributed by atoms with Crippen LogP contribution in [0.4, 0.5) is 4.39 Å². The van der Waals surface area contributed by atoms with E-state index < -0.39 is 17.6 Å². The second-order valence-corrected chi connectivity index (χ2v) is 4.80. The number of nitrogens with zero attached hydrogens (tertiary/aromatic N) is 4. The summed E-state index contributed by atoms with van der Waals surface area (Å²) in [4.78, 5) is 23.2. The number of amides is 2. The molecule has 1 aromatic carbocycles. The number of hydrazine groups is 1. The third kappa shape index (κ3) is 3.99. The monoisotopic (exact) mass is 310 g/mol. The standard InChI is InChI=1S/C11H11FN6O2S/c1-18-11(15-16-17-18)21-6-9(19)13-14-10(20)7-4-2-3-5-8(7)12/h2-5H,6H2,1H3,(H,13,19)(H,14,20). The predicted octanol–water partition coefficient (Wildman–Crippen LogP) is -0.0975. The zero-order valence-corrected chi connectivity index (χ0v) is 11.7. The number of halogens is 1. The number of tetrazole rings is 1. The minimum absolute atomic E-state index is 0.00572. The van der Waals surface area contributed by atoms with Crippen LogP contribution in [0.2, 0.25) is 0 Å². The van der Waals surface area contributed by atoms with E-state index in [1.807, 2.05) is 0 Å². The van der Waals surface area contributed by atoms with Gasteiger partial charge in [0, 0.05) is 7.05 Å².